The van der Waals surface area contributed by atoms with Crippen LogP contribution in [-0.4, -0.2) is 54.0 Å². The summed E-state index contributed by atoms with van der Waals surface area (Å²) in [5.74, 6) is 0.958. The van der Waals surface area contributed by atoms with Crippen molar-refractivity contribution in [2.24, 2.45) is 5.92 Å². The molecule has 0 aliphatic carbocycles. The molecule has 26 heavy (non-hydrogen) atoms. The van der Waals surface area contributed by atoms with Crippen LogP contribution in [0.4, 0.5) is 0 Å². The van der Waals surface area contributed by atoms with Gasteiger partial charge in [0, 0.05) is 32.2 Å². The van der Waals surface area contributed by atoms with Crippen molar-refractivity contribution in [2.45, 2.75) is 64.1 Å². The minimum absolute atomic E-state index is 0.0439. The molecule has 0 aromatic heterocycles. The maximum absolute atomic E-state index is 13.1. The summed E-state index contributed by atoms with van der Waals surface area (Å²) >= 11 is 0. The maximum Gasteiger partial charge on any atom is 0.240 e. The molecular weight excluding hydrogens is 322 g/mol. The average Bonchev–Trinajstić information content (AvgIpc) is 2.69. The predicted octanol–water partition coefficient (Wildman–Crippen LogP) is 2.81. The summed E-state index contributed by atoms with van der Waals surface area (Å²) in [5.41, 5.74) is 2.67. The van der Waals surface area contributed by atoms with E-state index in [2.05, 4.69) is 46.3 Å². The summed E-state index contributed by atoms with van der Waals surface area (Å²) < 4.78 is 0. The Kier molecular flexibility index (Phi) is 5.60. The van der Waals surface area contributed by atoms with E-state index in [9.17, 15) is 4.79 Å². The lowest BCUT2D eigenvalue weighted by molar-refractivity contribution is -0.135. The molecule has 3 atom stereocenters. The number of nitrogens with one attached hydrogen (secondary N) is 1. The van der Waals surface area contributed by atoms with Gasteiger partial charge in [-0.05, 0) is 62.6 Å². The number of amides is 1. The van der Waals surface area contributed by atoms with Gasteiger partial charge in [0.15, 0.2) is 0 Å². The van der Waals surface area contributed by atoms with Crippen LogP contribution in [0.3, 0.4) is 0 Å². The summed E-state index contributed by atoms with van der Waals surface area (Å²) in [6.07, 6.45) is 7.31. The Morgan fingerprint density at radius 1 is 1.12 bits per heavy atom. The van der Waals surface area contributed by atoms with E-state index in [1.54, 1.807) is 0 Å². The third-order valence-corrected chi connectivity index (χ3v) is 6.64. The fourth-order valence-corrected chi connectivity index (χ4v) is 5.02. The number of hydrogen-bond acceptors (Lipinski definition) is 3. The normalized spacial score (nSPS) is 30.0. The van der Waals surface area contributed by atoms with E-state index in [0.717, 1.165) is 32.5 Å². The standard InChI is InChI=1S/C22H33N3O/c1-17-7-4-5-11-24(17)15-18-8-6-12-25(16-18)22(26)21-13-19-9-2-3-10-20(19)14-23-21/h2-3,9-10,17-18,21,23H,4-8,11-16H2,1H3/t17-,18+,21+/m1/s1. The molecule has 1 N–H and O–H groups in total. The molecule has 2 fully saturated rings. The van der Waals surface area contributed by atoms with Gasteiger partial charge in [-0.3, -0.25) is 4.79 Å². The van der Waals surface area contributed by atoms with E-state index in [1.165, 1.54) is 49.9 Å². The number of fused-ring (bicyclic) bond motifs is 1. The first-order valence-corrected chi connectivity index (χ1v) is 10.5. The largest absolute Gasteiger partial charge is 0.341 e. The second-order valence-electron chi connectivity index (χ2n) is 8.54. The number of carbonyl (C=O) groups is 1. The monoisotopic (exact) mass is 355 g/mol. The van der Waals surface area contributed by atoms with Crippen molar-refractivity contribution < 1.29 is 4.79 Å². The molecule has 142 valence electrons. The molecule has 0 saturated carbocycles. The molecule has 4 rings (SSSR count). The third-order valence-electron chi connectivity index (χ3n) is 6.64. The van der Waals surface area contributed by atoms with Crippen LogP contribution in [0.5, 0.6) is 0 Å². The van der Waals surface area contributed by atoms with Gasteiger partial charge < -0.3 is 15.1 Å². The van der Waals surface area contributed by atoms with Crippen molar-refractivity contribution in [3.63, 3.8) is 0 Å². The Hall–Kier alpha value is -1.39. The van der Waals surface area contributed by atoms with Crippen molar-refractivity contribution >= 4 is 5.91 Å². The fraction of sp³-hybridized carbons (Fsp3) is 0.682. The molecule has 3 aliphatic heterocycles. The molecule has 0 bridgehead atoms. The molecule has 3 aliphatic rings. The molecule has 4 nitrogen and oxygen atoms in total. The van der Waals surface area contributed by atoms with Crippen LogP contribution in [0.15, 0.2) is 24.3 Å². The lowest BCUT2D eigenvalue weighted by Crippen LogP contribution is -2.53. The van der Waals surface area contributed by atoms with Crippen LogP contribution in [0, 0.1) is 5.92 Å². The van der Waals surface area contributed by atoms with Gasteiger partial charge in [-0.15, -0.1) is 0 Å². The van der Waals surface area contributed by atoms with Gasteiger partial charge in [0.1, 0.15) is 0 Å². The number of hydrogen-bond donors (Lipinski definition) is 1. The zero-order valence-corrected chi connectivity index (χ0v) is 16.1. The highest BCUT2D eigenvalue weighted by Gasteiger charge is 2.32. The SMILES string of the molecule is C[C@@H]1CCCCN1C[C@@H]1CCCN(C(=O)[C@@H]2Cc3ccccc3CN2)C1. The molecule has 2 saturated heterocycles. The molecule has 0 radical (unpaired) electrons. The van der Waals surface area contributed by atoms with E-state index >= 15 is 0 Å². The Morgan fingerprint density at radius 2 is 1.96 bits per heavy atom. The fourth-order valence-electron chi connectivity index (χ4n) is 5.02. The number of carbonyl (C=O) groups excluding carboxylic acids is 1. The minimum Gasteiger partial charge on any atom is -0.341 e. The summed E-state index contributed by atoms with van der Waals surface area (Å²) in [5, 5.41) is 3.47. The highest BCUT2D eigenvalue weighted by Crippen LogP contribution is 2.24. The van der Waals surface area contributed by atoms with Gasteiger partial charge >= 0.3 is 0 Å². The second-order valence-corrected chi connectivity index (χ2v) is 8.54. The van der Waals surface area contributed by atoms with Crippen LogP contribution in [0.1, 0.15) is 50.2 Å². The van der Waals surface area contributed by atoms with Gasteiger partial charge in [0.25, 0.3) is 0 Å². The molecule has 1 aromatic carbocycles. The van der Waals surface area contributed by atoms with Crippen LogP contribution in [-0.2, 0) is 17.8 Å². The van der Waals surface area contributed by atoms with Gasteiger partial charge in [-0.2, -0.15) is 0 Å². The van der Waals surface area contributed by atoms with Crippen LogP contribution >= 0.6 is 0 Å². The minimum atomic E-state index is -0.0439. The quantitative estimate of drug-likeness (QED) is 0.906. The number of benzene rings is 1. The van der Waals surface area contributed by atoms with Crippen LogP contribution < -0.4 is 5.32 Å². The molecule has 1 aromatic rings. The first-order chi connectivity index (χ1) is 12.7. The Morgan fingerprint density at radius 3 is 2.81 bits per heavy atom. The van der Waals surface area contributed by atoms with Gasteiger partial charge in [0.2, 0.25) is 5.91 Å². The average molecular weight is 356 g/mol. The maximum atomic E-state index is 13.1. The number of piperidine rings is 2. The van der Waals surface area contributed by atoms with Gasteiger partial charge in [-0.1, -0.05) is 30.7 Å². The topological polar surface area (TPSA) is 35.6 Å². The van der Waals surface area contributed by atoms with Crippen molar-refractivity contribution in [2.75, 3.05) is 26.2 Å². The zero-order chi connectivity index (χ0) is 17.9. The van der Waals surface area contributed by atoms with E-state index in [1.807, 2.05) is 0 Å². The Balaban J connectivity index is 1.35. The summed E-state index contributed by atoms with van der Waals surface area (Å²) in [4.78, 5) is 17.9. The molecule has 1 amide bonds. The lowest BCUT2D eigenvalue weighted by atomic mass is 9.92. The highest BCUT2D eigenvalue weighted by atomic mass is 16.2. The van der Waals surface area contributed by atoms with Crippen molar-refractivity contribution in [3.05, 3.63) is 35.4 Å². The van der Waals surface area contributed by atoms with Gasteiger partial charge in [-0.25, -0.2) is 0 Å². The molecule has 0 spiro atoms. The van der Waals surface area contributed by atoms with Crippen LogP contribution in [0.25, 0.3) is 0 Å². The number of likely N-dealkylation sites (tertiary alicyclic amines) is 2. The molecule has 4 heteroatoms. The third kappa shape index (κ3) is 3.96. The predicted molar refractivity (Wildman–Crippen MR) is 105 cm³/mol. The van der Waals surface area contributed by atoms with E-state index in [4.69, 9.17) is 0 Å². The van der Waals surface area contributed by atoms with Gasteiger partial charge in [0.05, 0.1) is 6.04 Å². The first kappa shape index (κ1) is 18.0. The summed E-state index contributed by atoms with van der Waals surface area (Å²) in [6.45, 7) is 7.48. The molecular formula is C22H33N3O. The van der Waals surface area contributed by atoms with Crippen LogP contribution in [0.2, 0.25) is 0 Å². The number of rotatable bonds is 3. The summed E-state index contributed by atoms with van der Waals surface area (Å²) in [6, 6.07) is 9.18. The van der Waals surface area contributed by atoms with E-state index in [-0.39, 0.29) is 6.04 Å². The van der Waals surface area contributed by atoms with Crippen molar-refractivity contribution in [1.82, 2.24) is 15.1 Å². The second kappa shape index (κ2) is 8.10. The first-order valence-electron chi connectivity index (χ1n) is 10.5. The molecule has 0 unspecified atom stereocenters. The Labute approximate surface area is 157 Å². The summed E-state index contributed by atoms with van der Waals surface area (Å²) in [7, 11) is 0. The smallest absolute Gasteiger partial charge is 0.240 e. The number of nitrogens with zero attached hydrogens (tertiary/aromatic N) is 2. The van der Waals surface area contributed by atoms with E-state index in [0.29, 0.717) is 17.9 Å². The van der Waals surface area contributed by atoms with Crippen molar-refractivity contribution in [3.8, 4) is 0 Å². The van der Waals surface area contributed by atoms with Crippen molar-refractivity contribution in [1.29, 1.82) is 0 Å². The highest BCUT2D eigenvalue weighted by molar-refractivity contribution is 5.82. The lowest BCUT2D eigenvalue weighted by Gasteiger charge is -2.40. The Bertz CT molecular complexity index is 632. The zero-order valence-electron chi connectivity index (χ0n) is 16.1. The molecule has 3 heterocycles. The van der Waals surface area contributed by atoms with E-state index < -0.39 is 0 Å².